The van der Waals surface area contributed by atoms with Gasteiger partial charge in [-0.2, -0.15) is 0 Å². The SMILES string of the molecule is CCN(CC)C(CNC(=O)C1CCCCC1(C)N)c1cccc(OC)c1. The molecular weight excluding hydrogens is 326 g/mol. The maximum Gasteiger partial charge on any atom is 0.225 e. The molecule has 0 spiro atoms. The van der Waals surface area contributed by atoms with E-state index in [0.29, 0.717) is 6.54 Å². The standard InChI is InChI=1S/C21H35N3O2/c1-5-24(6-2)19(16-10-9-11-17(14-16)26-4)15-23-20(25)18-12-7-8-13-21(18,3)22/h9-11,14,18-19H,5-8,12-13,15,22H2,1-4H3,(H,23,25). The van der Waals surface area contributed by atoms with Crippen molar-refractivity contribution in [3.63, 3.8) is 0 Å². The van der Waals surface area contributed by atoms with E-state index < -0.39 is 5.54 Å². The van der Waals surface area contributed by atoms with Crippen molar-refractivity contribution in [2.45, 2.75) is 58.0 Å². The lowest BCUT2D eigenvalue weighted by Crippen LogP contribution is -2.53. The van der Waals surface area contributed by atoms with Crippen LogP contribution in [0.2, 0.25) is 0 Å². The molecule has 0 radical (unpaired) electrons. The molecule has 0 saturated heterocycles. The van der Waals surface area contributed by atoms with Crippen molar-refractivity contribution in [1.82, 2.24) is 10.2 Å². The molecule has 146 valence electrons. The average molecular weight is 362 g/mol. The zero-order valence-corrected chi connectivity index (χ0v) is 16.8. The summed E-state index contributed by atoms with van der Waals surface area (Å²) in [5.74, 6) is 0.835. The quantitative estimate of drug-likeness (QED) is 0.747. The summed E-state index contributed by atoms with van der Waals surface area (Å²) in [6, 6.07) is 8.23. The van der Waals surface area contributed by atoms with Crippen LogP contribution in [0.3, 0.4) is 0 Å². The lowest BCUT2D eigenvalue weighted by Gasteiger charge is -2.38. The molecule has 1 aliphatic rings. The minimum absolute atomic E-state index is 0.0924. The molecule has 5 nitrogen and oxygen atoms in total. The summed E-state index contributed by atoms with van der Waals surface area (Å²) >= 11 is 0. The maximum atomic E-state index is 12.8. The van der Waals surface area contributed by atoms with Crippen LogP contribution in [-0.2, 0) is 4.79 Å². The van der Waals surface area contributed by atoms with Crippen molar-refractivity contribution in [3.05, 3.63) is 29.8 Å². The highest BCUT2D eigenvalue weighted by atomic mass is 16.5. The van der Waals surface area contributed by atoms with Gasteiger partial charge in [-0.15, -0.1) is 0 Å². The van der Waals surface area contributed by atoms with Gasteiger partial charge in [0.05, 0.1) is 19.1 Å². The summed E-state index contributed by atoms with van der Waals surface area (Å²) in [4.78, 5) is 15.2. The Morgan fingerprint density at radius 3 is 2.73 bits per heavy atom. The van der Waals surface area contributed by atoms with Crippen molar-refractivity contribution < 1.29 is 9.53 Å². The van der Waals surface area contributed by atoms with Gasteiger partial charge in [-0.25, -0.2) is 0 Å². The number of hydrogen-bond donors (Lipinski definition) is 2. The van der Waals surface area contributed by atoms with E-state index in [1.165, 1.54) is 0 Å². The number of hydrogen-bond acceptors (Lipinski definition) is 4. The molecule has 1 aromatic carbocycles. The first-order valence-electron chi connectivity index (χ1n) is 9.87. The highest BCUT2D eigenvalue weighted by Crippen LogP contribution is 2.32. The molecule has 2 rings (SSSR count). The molecule has 0 heterocycles. The summed E-state index contributed by atoms with van der Waals surface area (Å²) in [5.41, 5.74) is 7.16. The summed E-state index contributed by atoms with van der Waals surface area (Å²) < 4.78 is 5.38. The smallest absolute Gasteiger partial charge is 0.225 e. The third-order valence-electron chi connectivity index (χ3n) is 5.77. The number of amides is 1. The third-order valence-corrected chi connectivity index (χ3v) is 5.77. The van der Waals surface area contributed by atoms with Crippen LogP contribution in [0.15, 0.2) is 24.3 Å². The number of benzene rings is 1. The second kappa shape index (κ2) is 9.38. The highest BCUT2D eigenvalue weighted by molar-refractivity contribution is 5.80. The fourth-order valence-corrected chi connectivity index (χ4v) is 4.08. The van der Waals surface area contributed by atoms with Crippen LogP contribution in [0.25, 0.3) is 0 Å². The number of rotatable bonds is 8. The van der Waals surface area contributed by atoms with E-state index in [-0.39, 0.29) is 17.9 Å². The molecule has 3 atom stereocenters. The number of likely N-dealkylation sites (N-methyl/N-ethyl adjacent to an activating group) is 1. The Labute approximate surface area is 158 Å². The molecule has 5 heteroatoms. The van der Waals surface area contributed by atoms with Crippen LogP contribution in [0.4, 0.5) is 0 Å². The molecule has 1 fully saturated rings. The highest BCUT2D eigenvalue weighted by Gasteiger charge is 2.38. The summed E-state index contributed by atoms with van der Waals surface area (Å²) in [6.45, 7) is 8.74. The van der Waals surface area contributed by atoms with Crippen molar-refractivity contribution in [2.75, 3.05) is 26.7 Å². The Kier molecular flexibility index (Phi) is 7.47. The maximum absolute atomic E-state index is 12.8. The van der Waals surface area contributed by atoms with Crippen LogP contribution in [0.1, 0.15) is 58.1 Å². The molecule has 1 saturated carbocycles. The number of methoxy groups -OCH3 is 1. The zero-order chi connectivity index (χ0) is 19.2. The molecule has 3 N–H and O–H groups in total. The molecule has 3 unspecified atom stereocenters. The van der Waals surface area contributed by atoms with Crippen molar-refractivity contribution >= 4 is 5.91 Å². The largest absolute Gasteiger partial charge is 0.497 e. The first kappa shape index (κ1) is 20.7. The third kappa shape index (κ3) is 4.98. The monoisotopic (exact) mass is 361 g/mol. The summed E-state index contributed by atoms with van der Waals surface area (Å²) in [6.07, 6.45) is 4.00. The second-order valence-corrected chi connectivity index (χ2v) is 7.56. The molecule has 26 heavy (non-hydrogen) atoms. The van der Waals surface area contributed by atoms with E-state index in [4.69, 9.17) is 10.5 Å². The van der Waals surface area contributed by atoms with Gasteiger partial charge in [0.2, 0.25) is 5.91 Å². The second-order valence-electron chi connectivity index (χ2n) is 7.56. The lowest BCUT2D eigenvalue weighted by atomic mass is 9.74. The molecule has 0 aromatic heterocycles. The van der Waals surface area contributed by atoms with Gasteiger partial charge in [-0.05, 0) is 50.6 Å². The van der Waals surface area contributed by atoms with E-state index in [1.54, 1.807) is 7.11 Å². The Morgan fingerprint density at radius 2 is 2.12 bits per heavy atom. The zero-order valence-electron chi connectivity index (χ0n) is 16.8. The Bertz CT molecular complexity index is 584. The van der Waals surface area contributed by atoms with Crippen LogP contribution in [0, 0.1) is 5.92 Å². The fourth-order valence-electron chi connectivity index (χ4n) is 4.08. The van der Waals surface area contributed by atoms with Crippen LogP contribution in [-0.4, -0.2) is 43.1 Å². The summed E-state index contributed by atoms with van der Waals surface area (Å²) in [5, 5.41) is 3.19. The van der Waals surface area contributed by atoms with E-state index in [2.05, 4.69) is 36.2 Å². The van der Waals surface area contributed by atoms with Gasteiger partial charge < -0.3 is 15.8 Å². The Balaban J connectivity index is 2.12. The number of nitrogens with one attached hydrogen (secondary N) is 1. The number of carbonyl (C=O) groups is 1. The predicted molar refractivity (Wildman–Crippen MR) is 106 cm³/mol. The minimum atomic E-state index is -0.400. The van der Waals surface area contributed by atoms with Crippen LogP contribution >= 0.6 is 0 Å². The Morgan fingerprint density at radius 1 is 1.38 bits per heavy atom. The summed E-state index contributed by atoms with van der Waals surface area (Å²) in [7, 11) is 1.68. The van der Waals surface area contributed by atoms with E-state index >= 15 is 0 Å². The van der Waals surface area contributed by atoms with Gasteiger partial charge in [-0.3, -0.25) is 9.69 Å². The first-order chi connectivity index (χ1) is 12.4. The topological polar surface area (TPSA) is 67.6 Å². The average Bonchev–Trinajstić information content (AvgIpc) is 2.64. The van der Waals surface area contributed by atoms with Gasteiger partial charge in [0.25, 0.3) is 0 Å². The molecule has 0 bridgehead atoms. The molecule has 1 amide bonds. The van der Waals surface area contributed by atoms with Gasteiger partial charge in [-0.1, -0.05) is 38.8 Å². The van der Waals surface area contributed by atoms with Crippen LogP contribution in [0.5, 0.6) is 5.75 Å². The van der Waals surface area contributed by atoms with E-state index in [0.717, 1.165) is 50.1 Å². The van der Waals surface area contributed by atoms with Gasteiger partial charge in [0.15, 0.2) is 0 Å². The van der Waals surface area contributed by atoms with Gasteiger partial charge in [0, 0.05) is 12.1 Å². The van der Waals surface area contributed by atoms with Crippen LogP contribution < -0.4 is 15.8 Å². The minimum Gasteiger partial charge on any atom is -0.497 e. The van der Waals surface area contributed by atoms with Crippen molar-refractivity contribution in [3.8, 4) is 5.75 Å². The normalized spacial score (nSPS) is 24.3. The Hall–Kier alpha value is -1.59. The molecular formula is C21H35N3O2. The lowest BCUT2D eigenvalue weighted by molar-refractivity contribution is -0.128. The number of carbonyl (C=O) groups excluding carboxylic acids is 1. The van der Waals surface area contributed by atoms with E-state index in [9.17, 15) is 4.79 Å². The van der Waals surface area contributed by atoms with Crippen molar-refractivity contribution in [2.24, 2.45) is 11.7 Å². The molecule has 1 aliphatic carbocycles. The number of nitrogens with two attached hydrogens (primary N) is 1. The predicted octanol–water partition coefficient (Wildman–Crippen LogP) is 3.10. The number of nitrogens with zero attached hydrogens (tertiary/aromatic N) is 1. The van der Waals surface area contributed by atoms with E-state index in [1.807, 2.05) is 19.1 Å². The van der Waals surface area contributed by atoms with Gasteiger partial charge in [0.1, 0.15) is 5.75 Å². The molecule has 0 aliphatic heterocycles. The molecule has 1 aromatic rings. The van der Waals surface area contributed by atoms with Crippen molar-refractivity contribution in [1.29, 1.82) is 0 Å². The first-order valence-corrected chi connectivity index (χ1v) is 9.87. The fraction of sp³-hybridized carbons (Fsp3) is 0.667. The van der Waals surface area contributed by atoms with Gasteiger partial charge >= 0.3 is 0 Å². The number of ether oxygens (including phenoxy) is 1.